The van der Waals surface area contributed by atoms with Gasteiger partial charge in [-0.2, -0.15) is 10.2 Å². The molecule has 6 aromatic rings. The smallest absolute Gasteiger partial charge is 0.186 e. The second kappa shape index (κ2) is 13.3. The first-order valence-electron chi connectivity index (χ1n) is 17.7. The van der Waals surface area contributed by atoms with Crippen molar-refractivity contribution in [1.82, 2.24) is 60.3 Å². The van der Waals surface area contributed by atoms with Crippen molar-refractivity contribution < 1.29 is 9.59 Å². The highest BCUT2D eigenvalue weighted by Gasteiger charge is 2.42. The number of aromatic amines is 2. The summed E-state index contributed by atoms with van der Waals surface area (Å²) in [5, 5.41) is 14.9. The van der Waals surface area contributed by atoms with Crippen LogP contribution in [0.25, 0.3) is 12.2 Å². The molecule has 53 heavy (non-hydrogen) atoms. The molecule has 14 heteroatoms. The minimum atomic E-state index is -0.553. The Hall–Kier alpha value is -6.44. The molecule has 4 aliphatic rings. The molecule has 0 atom stereocenters. The monoisotopic (exact) mass is 702 g/mol. The maximum atomic E-state index is 12.7. The van der Waals surface area contributed by atoms with Crippen LogP contribution in [0.5, 0.6) is 0 Å². The summed E-state index contributed by atoms with van der Waals surface area (Å²) in [5.74, 6) is 0.566. The fraction of sp³-hybridized carbons (Fsp3) is 0.282. The number of allylic oxidation sites excluding steroid dienone is 2. The standard InChI is InChI=1S/C20H18N6O.C19H16N6O/c27-19(13-2-1-3-13)18-14-4-7-20(10-15(14)25-26-18,16-5-8-21-11-23-16)17-6-9-22-12-24-17;26-18(12-1-2-12)17-13-3-6-19(9-14(13)24-25-17,15-4-7-20-10-22-15)16-5-8-21-11-23-16/h4-9,11-13H,1-3,10H2,(H,25,26);3-8,10-12H,1-2,9H2,(H,24,25). The Kier molecular flexibility index (Phi) is 8.13. The molecular formula is C39H34N12O2. The summed E-state index contributed by atoms with van der Waals surface area (Å²) < 4.78 is 0. The number of hydrogen-bond acceptors (Lipinski definition) is 12. The van der Waals surface area contributed by atoms with E-state index in [1.165, 1.54) is 12.7 Å². The van der Waals surface area contributed by atoms with E-state index in [4.69, 9.17) is 0 Å². The summed E-state index contributed by atoms with van der Waals surface area (Å²) in [4.78, 5) is 59.3. The van der Waals surface area contributed by atoms with E-state index in [1.807, 2.05) is 36.4 Å². The van der Waals surface area contributed by atoms with Crippen LogP contribution in [0.2, 0.25) is 0 Å². The van der Waals surface area contributed by atoms with E-state index in [2.05, 4.69) is 72.4 Å². The van der Waals surface area contributed by atoms with Crippen molar-refractivity contribution >= 4 is 23.7 Å². The van der Waals surface area contributed by atoms with Gasteiger partial charge < -0.3 is 0 Å². The van der Waals surface area contributed by atoms with E-state index in [1.54, 1.807) is 37.4 Å². The number of carbonyl (C=O) groups is 2. The lowest BCUT2D eigenvalue weighted by Gasteiger charge is -2.32. The lowest BCUT2D eigenvalue weighted by Crippen LogP contribution is -2.33. The van der Waals surface area contributed by atoms with Crippen LogP contribution >= 0.6 is 0 Å². The van der Waals surface area contributed by atoms with Gasteiger partial charge in [0.05, 0.1) is 33.6 Å². The molecule has 4 aliphatic carbocycles. The van der Waals surface area contributed by atoms with Crippen molar-refractivity contribution in [3.8, 4) is 0 Å². The third-order valence-electron chi connectivity index (χ3n) is 10.8. The molecule has 0 saturated heterocycles. The number of rotatable bonds is 8. The SMILES string of the molecule is O=C(c1n[nH]c2c1C=CC(c1ccncn1)(c1ccncn1)C2)C1CC1.O=C(c1n[nH]c2c1C=CC(c1ccncn1)(c1ccncn1)C2)C1CCC1. The van der Waals surface area contributed by atoms with E-state index < -0.39 is 10.8 Å². The Balaban J connectivity index is 0.000000141. The summed E-state index contributed by atoms with van der Waals surface area (Å²) in [7, 11) is 0. The van der Waals surface area contributed by atoms with Crippen LogP contribution in [0.3, 0.4) is 0 Å². The zero-order valence-electron chi connectivity index (χ0n) is 28.6. The number of carbonyl (C=O) groups excluding carboxylic acids is 2. The van der Waals surface area contributed by atoms with Crippen molar-refractivity contribution in [3.63, 3.8) is 0 Å². The second-order valence-electron chi connectivity index (χ2n) is 13.9. The quantitative estimate of drug-likeness (QED) is 0.209. The number of aromatic nitrogens is 12. The second-order valence-corrected chi connectivity index (χ2v) is 13.9. The molecule has 6 aromatic heterocycles. The molecule has 0 aromatic carbocycles. The van der Waals surface area contributed by atoms with E-state index in [0.29, 0.717) is 24.2 Å². The largest absolute Gasteiger partial charge is 0.292 e. The molecule has 0 unspecified atom stereocenters. The maximum Gasteiger partial charge on any atom is 0.186 e. The van der Waals surface area contributed by atoms with Crippen LogP contribution < -0.4 is 0 Å². The highest BCUT2D eigenvalue weighted by Crippen LogP contribution is 2.42. The van der Waals surface area contributed by atoms with Gasteiger partial charge >= 0.3 is 0 Å². The van der Waals surface area contributed by atoms with Crippen molar-refractivity contribution in [2.45, 2.75) is 55.8 Å². The average Bonchev–Trinajstić information content (AvgIpc) is 3.84. The maximum absolute atomic E-state index is 12.7. The Morgan fingerprint density at radius 3 is 1.23 bits per heavy atom. The lowest BCUT2D eigenvalue weighted by molar-refractivity contribution is 0.0849. The van der Waals surface area contributed by atoms with Crippen molar-refractivity contribution in [1.29, 1.82) is 0 Å². The van der Waals surface area contributed by atoms with Gasteiger partial charge in [-0.05, 0) is 49.9 Å². The van der Waals surface area contributed by atoms with E-state index >= 15 is 0 Å². The van der Waals surface area contributed by atoms with Crippen LogP contribution in [0.4, 0.5) is 0 Å². The van der Waals surface area contributed by atoms with E-state index in [-0.39, 0.29) is 23.4 Å². The fourth-order valence-corrected chi connectivity index (χ4v) is 7.49. The average molecular weight is 703 g/mol. The van der Waals surface area contributed by atoms with Gasteiger partial charge in [-0.25, -0.2) is 39.9 Å². The van der Waals surface area contributed by atoms with Gasteiger partial charge in [0.25, 0.3) is 0 Å². The zero-order chi connectivity index (χ0) is 35.8. The van der Waals surface area contributed by atoms with Crippen LogP contribution in [-0.2, 0) is 23.7 Å². The third kappa shape index (κ3) is 5.76. The van der Waals surface area contributed by atoms with Crippen LogP contribution in [-0.4, -0.2) is 71.8 Å². The number of nitrogens with zero attached hydrogens (tertiary/aromatic N) is 10. The van der Waals surface area contributed by atoms with Gasteiger partial charge in [-0.1, -0.05) is 30.7 Å². The number of nitrogens with one attached hydrogen (secondary N) is 2. The summed E-state index contributed by atoms with van der Waals surface area (Å²) in [6.45, 7) is 0. The molecule has 2 N–H and O–H groups in total. The van der Waals surface area contributed by atoms with Gasteiger partial charge in [-0.15, -0.1) is 0 Å². The molecule has 6 heterocycles. The normalized spacial score (nSPS) is 17.8. The van der Waals surface area contributed by atoms with Crippen molar-refractivity contribution in [3.05, 3.63) is 143 Å². The zero-order valence-corrected chi connectivity index (χ0v) is 28.6. The molecular weight excluding hydrogens is 669 g/mol. The van der Waals surface area contributed by atoms with Gasteiger partial charge in [0, 0.05) is 72.0 Å². The highest BCUT2D eigenvalue weighted by molar-refractivity contribution is 6.01. The molecule has 0 radical (unpaired) electrons. The number of fused-ring (bicyclic) bond motifs is 2. The van der Waals surface area contributed by atoms with Crippen LogP contribution in [0.15, 0.2) is 86.5 Å². The van der Waals surface area contributed by atoms with Crippen molar-refractivity contribution in [2.24, 2.45) is 11.8 Å². The first-order chi connectivity index (χ1) is 26.1. The van der Waals surface area contributed by atoms with E-state index in [9.17, 15) is 9.59 Å². The lowest BCUT2D eigenvalue weighted by atomic mass is 9.72. The van der Waals surface area contributed by atoms with Gasteiger partial charge in [-0.3, -0.25) is 19.8 Å². The van der Waals surface area contributed by atoms with Gasteiger partial charge in [0.15, 0.2) is 11.6 Å². The number of hydrogen-bond donors (Lipinski definition) is 2. The predicted molar refractivity (Wildman–Crippen MR) is 191 cm³/mol. The summed E-state index contributed by atoms with van der Waals surface area (Å²) in [5.41, 5.74) is 7.03. The molecule has 0 amide bonds. The molecule has 14 nitrogen and oxygen atoms in total. The van der Waals surface area contributed by atoms with E-state index in [0.717, 1.165) is 77.4 Å². The van der Waals surface area contributed by atoms with Crippen LogP contribution in [0.1, 0.15) is 98.4 Å². The summed E-state index contributed by atoms with van der Waals surface area (Å²) >= 11 is 0. The minimum absolute atomic E-state index is 0.126. The highest BCUT2D eigenvalue weighted by atomic mass is 16.1. The molecule has 2 saturated carbocycles. The summed E-state index contributed by atoms with van der Waals surface area (Å²) in [6, 6.07) is 7.58. The third-order valence-corrected chi connectivity index (χ3v) is 10.8. The fourth-order valence-electron chi connectivity index (χ4n) is 7.49. The topological polar surface area (TPSA) is 195 Å². The number of Topliss-reactive ketones (excluding diaryl/α,β-unsaturated/α-hetero) is 2. The number of H-pyrrole nitrogens is 2. The molecule has 0 aliphatic heterocycles. The first-order valence-corrected chi connectivity index (χ1v) is 17.7. The Morgan fingerprint density at radius 1 is 0.547 bits per heavy atom. The predicted octanol–water partition coefficient (Wildman–Crippen LogP) is 4.67. The van der Waals surface area contributed by atoms with Gasteiger partial charge in [0.1, 0.15) is 36.7 Å². The summed E-state index contributed by atoms with van der Waals surface area (Å²) in [6.07, 6.45) is 27.4. The van der Waals surface area contributed by atoms with Crippen LogP contribution in [0, 0.1) is 11.8 Å². The Bertz CT molecular complexity index is 2250. The first kappa shape index (κ1) is 32.5. The molecule has 2 fully saturated rings. The number of ketones is 2. The molecule has 262 valence electrons. The Morgan fingerprint density at radius 2 is 0.925 bits per heavy atom. The van der Waals surface area contributed by atoms with Gasteiger partial charge in [0.2, 0.25) is 0 Å². The minimum Gasteiger partial charge on any atom is -0.292 e. The molecule has 0 spiro atoms. The Labute approximate surface area is 303 Å². The van der Waals surface area contributed by atoms with Crippen molar-refractivity contribution in [2.75, 3.05) is 0 Å². The molecule has 10 rings (SSSR count). The molecule has 0 bridgehead atoms.